The second-order valence-corrected chi connectivity index (χ2v) is 8.95. The zero-order chi connectivity index (χ0) is 23.8. The molecule has 1 heterocycles. The first-order chi connectivity index (χ1) is 16.6. The van der Waals surface area contributed by atoms with Gasteiger partial charge in [0.2, 0.25) is 5.91 Å². The lowest BCUT2D eigenvalue weighted by Gasteiger charge is -2.32. The molecule has 1 unspecified atom stereocenters. The molecule has 3 aromatic rings. The third-order valence-corrected chi connectivity index (χ3v) is 6.49. The summed E-state index contributed by atoms with van der Waals surface area (Å²) in [6.07, 6.45) is 1.76. The SMILES string of the molecule is COc1cc(CN2CCC(C(=O)NC(C)c3ccccc3)CC2)ccc1OCc1ccccc1. The minimum atomic E-state index is 0.0295. The maximum absolute atomic E-state index is 12.8. The van der Waals surface area contributed by atoms with E-state index in [1.165, 1.54) is 5.56 Å². The van der Waals surface area contributed by atoms with Crippen LogP contribution in [0.3, 0.4) is 0 Å². The fraction of sp³-hybridized carbons (Fsp3) is 0.345. The Labute approximate surface area is 202 Å². The van der Waals surface area contributed by atoms with Gasteiger partial charge >= 0.3 is 0 Å². The van der Waals surface area contributed by atoms with Gasteiger partial charge in [-0.2, -0.15) is 0 Å². The van der Waals surface area contributed by atoms with Gasteiger partial charge in [-0.15, -0.1) is 0 Å². The Morgan fingerprint density at radius 1 is 0.941 bits per heavy atom. The van der Waals surface area contributed by atoms with E-state index in [9.17, 15) is 4.79 Å². The molecule has 5 nitrogen and oxygen atoms in total. The molecule has 1 fully saturated rings. The van der Waals surface area contributed by atoms with Crippen LogP contribution >= 0.6 is 0 Å². The largest absolute Gasteiger partial charge is 0.493 e. The average molecular weight is 459 g/mol. The zero-order valence-electron chi connectivity index (χ0n) is 20.1. The highest BCUT2D eigenvalue weighted by atomic mass is 16.5. The molecule has 0 aromatic heterocycles. The van der Waals surface area contributed by atoms with Crippen LogP contribution in [0.1, 0.15) is 42.5 Å². The van der Waals surface area contributed by atoms with Crippen LogP contribution in [0.25, 0.3) is 0 Å². The van der Waals surface area contributed by atoms with Crippen LogP contribution in [0, 0.1) is 5.92 Å². The second kappa shape index (κ2) is 11.7. The van der Waals surface area contributed by atoms with Gasteiger partial charge in [0.15, 0.2) is 11.5 Å². The third kappa shape index (κ3) is 6.39. The van der Waals surface area contributed by atoms with Gasteiger partial charge in [-0.05, 0) is 61.7 Å². The highest BCUT2D eigenvalue weighted by Crippen LogP contribution is 2.30. The standard InChI is InChI=1S/C29H34N2O3/c1-22(25-11-7-4-8-12-25)30-29(32)26-15-17-31(18-16-26)20-24-13-14-27(28(19-24)33-2)34-21-23-9-5-3-6-10-23/h3-14,19,22,26H,15-18,20-21H2,1-2H3,(H,30,32). The number of likely N-dealkylation sites (tertiary alicyclic amines) is 1. The first-order valence-electron chi connectivity index (χ1n) is 12.0. The number of hydrogen-bond acceptors (Lipinski definition) is 4. The number of methoxy groups -OCH3 is 1. The van der Waals surface area contributed by atoms with E-state index in [0.29, 0.717) is 6.61 Å². The summed E-state index contributed by atoms with van der Waals surface area (Å²) in [6, 6.07) is 26.4. The molecule has 1 aliphatic heterocycles. The molecule has 1 saturated heterocycles. The van der Waals surface area contributed by atoms with Crippen LogP contribution in [0.4, 0.5) is 0 Å². The van der Waals surface area contributed by atoms with Crippen molar-refractivity contribution in [1.29, 1.82) is 0 Å². The fourth-order valence-corrected chi connectivity index (χ4v) is 4.43. The molecule has 0 aliphatic carbocycles. The second-order valence-electron chi connectivity index (χ2n) is 8.95. The maximum Gasteiger partial charge on any atom is 0.223 e. The molecule has 0 saturated carbocycles. The first-order valence-corrected chi connectivity index (χ1v) is 12.0. The highest BCUT2D eigenvalue weighted by Gasteiger charge is 2.26. The summed E-state index contributed by atoms with van der Waals surface area (Å²) in [6.45, 7) is 5.21. The quantitative estimate of drug-likeness (QED) is 0.469. The molecule has 1 N–H and O–H groups in total. The molecule has 1 amide bonds. The predicted octanol–water partition coefficient (Wildman–Crippen LogP) is 5.36. The summed E-state index contributed by atoms with van der Waals surface area (Å²) < 4.78 is 11.6. The minimum absolute atomic E-state index is 0.0295. The zero-order valence-corrected chi connectivity index (χ0v) is 20.1. The van der Waals surface area contributed by atoms with E-state index in [-0.39, 0.29) is 17.9 Å². The number of carbonyl (C=O) groups excluding carboxylic acids is 1. The van der Waals surface area contributed by atoms with Gasteiger partial charge in [-0.25, -0.2) is 0 Å². The summed E-state index contributed by atoms with van der Waals surface area (Å²) in [7, 11) is 1.68. The summed E-state index contributed by atoms with van der Waals surface area (Å²) >= 11 is 0. The summed E-state index contributed by atoms with van der Waals surface area (Å²) in [5, 5.41) is 3.19. The van der Waals surface area contributed by atoms with Gasteiger partial charge in [-0.3, -0.25) is 9.69 Å². The molecule has 0 radical (unpaired) electrons. The van der Waals surface area contributed by atoms with E-state index in [1.807, 2.05) is 61.5 Å². The van der Waals surface area contributed by atoms with E-state index < -0.39 is 0 Å². The van der Waals surface area contributed by atoms with Crippen molar-refractivity contribution in [2.24, 2.45) is 5.92 Å². The lowest BCUT2D eigenvalue weighted by Crippen LogP contribution is -2.40. The van der Waals surface area contributed by atoms with Crippen LogP contribution in [-0.2, 0) is 17.9 Å². The van der Waals surface area contributed by atoms with Crippen molar-refractivity contribution >= 4 is 5.91 Å². The molecule has 0 spiro atoms. The van der Waals surface area contributed by atoms with E-state index in [2.05, 4.69) is 34.5 Å². The molecule has 1 atom stereocenters. The van der Waals surface area contributed by atoms with Crippen molar-refractivity contribution in [2.75, 3.05) is 20.2 Å². The van der Waals surface area contributed by atoms with Gasteiger partial charge in [0.05, 0.1) is 13.2 Å². The van der Waals surface area contributed by atoms with Crippen molar-refractivity contribution in [1.82, 2.24) is 10.2 Å². The van der Waals surface area contributed by atoms with Crippen molar-refractivity contribution in [3.63, 3.8) is 0 Å². The molecule has 5 heteroatoms. The van der Waals surface area contributed by atoms with E-state index in [1.54, 1.807) is 7.11 Å². The number of piperidine rings is 1. The van der Waals surface area contributed by atoms with E-state index in [4.69, 9.17) is 9.47 Å². The monoisotopic (exact) mass is 458 g/mol. The van der Waals surface area contributed by atoms with Crippen LogP contribution in [0.15, 0.2) is 78.9 Å². The van der Waals surface area contributed by atoms with Crippen molar-refractivity contribution < 1.29 is 14.3 Å². The molecular weight excluding hydrogens is 424 g/mol. The lowest BCUT2D eigenvalue weighted by atomic mass is 9.95. The average Bonchev–Trinajstić information content (AvgIpc) is 2.89. The Balaban J connectivity index is 1.26. The Morgan fingerprint density at radius 3 is 2.29 bits per heavy atom. The number of nitrogens with zero attached hydrogens (tertiary/aromatic N) is 1. The minimum Gasteiger partial charge on any atom is -0.493 e. The third-order valence-electron chi connectivity index (χ3n) is 6.49. The topological polar surface area (TPSA) is 50.8 Å². The highest BCUT2D eigenvalue weighted by molar-refractivity contribution is 5.79. The predicted molar refractivity (Wildman–Crippen MR) is 135 cm³/mol. The van der Waals surface area contributed by atoms with E-state index >= 15 is 0 Å². The summed E-state index contributed by atoms with van der Waals surface area (Å²) in [5.41, 5.74) is 3.45. The lowest BCUT2D eigenvalue weighted by molar-refractivity contribution is -0.127. The smallest absolute Gasteiger partial charge is 0.223 e. The van der Waals surface area contributed by atoms with Crippen LogP contribution in [-0.4, -0.2) is 31.0 Å². The first kappa shape index (κ1) is 23.8. The van der Waals surface area contributed by atoms with Crippen molar-refractivity contribution in [3.8, 4) is 11.5 Å². The van der Waals surface area contributed by atoms with Gasteiger partial charge < -0.3 is 14.8 Å². The van der Waals surface area contributed by atoms with Crippen molar-refractivity contribution in [2.45, 2.75) is 39.0 Å². The van der Waals surface area contributed by atoms with Crippen LogP contribution in [0.2, 0.25) is 0 Å². The normalized spacial score (nSPS) is 15.5. The summed E-state index contributed by atoms with van der Waals surface area (Å²) in [5.74, 6) is 1.74. The number of ether oxygens (including phenoxy) is 2. The number of benzene rings is 3. The molecular formula is C29H34N2O3. The fourth-order valence-electron chi connectivity index (χ4n) is 4.43. The number of rotatable bonds is 9. The molecule has 1 aliphatic rings. The van der Waals surface area contributed by atoms with Gasteiger partial charge in [0.25, 0.3) is 0 Å². The Morgan fingerprint density at radius 2 is 1.62 bits per heavy atom. The Hall–Kier alpha value is -3.31. The molecule has 3 aromatic carbocycles. The number of nitrogens with one attached hydrogen (secondary N) is 1. The molecule has 178 valence electrons. The Kier molecular flexibility index (Phi) is 8.21. The number of carbonyl (C=O) groups is 1. The molecule has 4 rings (SSSR count). The van der Waals surface area contributed by atoms with Gasteiger partial charge in [0.1, 0.15) is 6.61 Å². The number of hydrogen-bond donors (Lipinski definition) is 1. The van der Waals surface area contributed by atoms with E-state index in [0.717, 1.165) is 55.1 Å². The molecule has 34 heavy (non-hydrogen) atoms. The number of amides is 1. The Bertz CT molecular complexity index is 1050. The maximum atomic E-state index is 12.8. The van der Waals surface area contributed by atoms with Gasteiger partial charge in [-0.1, -0.05) is 66.7 Å². The van der Waals surface area contributed by atoms with Crippen molar-refractivity contribution in [3.05, 3.63) is 95.6 Å². The summed E-state index contributed by atoms with van der Waals surface area (Å²) in [4.78, 5) is 15.2. The van der Waals surface area contributed by atoms with Crippen LogP contribution < -0.4 is 14.8 Å². The molecule has 0 bridgehead atoms. The van der Waals surface area contributed by atoms with Gasteiger partial charge in [0, 0.05) is 12.5 Å². The van der Waals surface area contributed by atoms with Crippen LogP contribution in [0.5, 0.6) is 11.5 Å².